The van der Waals surface area contributed by atoms with E-state index in [0.717, 1.165) is 15.6 Å². The van der Waals surface area contributed by atoms with Gasteiger partial charge in [-0.1, -0.05) is 41.9 Å². The molecule has 1 heterocycles. The van der Waals surface area contributed by atoms with Crippen molar-refractivity contribution in [2.24, 2.45) is 0 Å². The van der Waals surface area contributed by atoms with Gasteiger partial charge in [-0.25, -0.2) is 0 Å². The number of esters is 1. The van der Waals surface area contributed by atoms with Gasteiger partial charge in [0.05, 0.1) is 16.7 Å². The third kappa shape index (κ3) is 4.02. The monoisotopic (exact) mass is 384 g/mol. The molecule has 1 N–H and O–H groups in total. The van der Waals surface area contributed by atoms with Crippen LogP contribution in [-0.4, -0.2) is 18.4 Å². The van der Waals surface area contributed by atoms with Gasteiger partial charge in [-0.2, -0.15) is 5.26 Å². The summed E-state index contributed by atoms with van der Waals surface area (Å²) in [5.41, 5.74) is 1.30. The van der Waals surface area contributed by atoms with Gasteiger partial charge in [-0.15, -0.1) is 11.3 Å². The van der Waals surface area contributed by atoms with E-state index < -0.39 is 11.9 Å². The number of amides is 1. The number of thiophene rings is 1. The number of carbonyl (C=O) groups excluding carboxylic acids is 2. The van der Waals surface area contributed by atoms with Gasteiger partial charge in [-0.3, -0.25) is 9.59 Å². The largest absolute Gasteiger partial charge is 0.460 e. The molecular formula is C19H13ClN2O3S. The summed E-state index contributed by atoms with van der Waals surface area (Å²) in [5.74, 6) is -0.966. The van der Waals surface area contributed by atoms with Crippen LogP contribution < -0.4 is 5.32 Å². The fourth-order valence-corrected chi connectivity index (χ4v) is 3.72. The molecule has 0 atom stereocenters. The Bertz CT molecular complexity index is 1010. The summed E-state index contributed by atoms with van der Waals surface area (Å²) in [5, 5.41) is 12.5. The van der Waals surface area contributed by atoms with E-state index in [1.807, 2.05) is 30.3 Å². The van der Waals surface area contributed by atoms with Crippen molar-refractivity contribution in [3.63, 3.8) is 0 Å². The fourth-order valence-electron chi connectivity index (χ4n) is 2.28. The summed E-state index contributed by atoms with van der Waals surface area (Å²) in [4.78, 5) is 24.4. The quantitative estimate of drug-likeness (QED) is 0.676. The number of nitrogens with one attached hydrogen (secondary N) is 1. The number of fused-ring (bicyclic) bond motifs is 1. The molecule has 2 aromatic carbocycles. The number of nitrogens with zero attached hydrogens (tertiary/aromatic N) is 1. The number of hydrogen-bond donors (Lipinski definition) is 1. The third-order valence-corrected chi connectivity index (χ3v) is 5.29. The minimum atomic E-state index is -0.556. The van der Waals surface area contributed by atoms with Crippen LogP contribution in [0.15, 0.2) is 48.5 Å². The molecule has 0 aliphatic carbocycles. The van der Waals surface area contributed by atoms with Crippen molar-refractivity contribution < 1.29 is 14.3 Å². The molecule has 0 unspecified atom stereocenters. The molecule has 7 heteroatoms. The molecule has 26 heavy (non-hydrogen) atoms. The Kier molecular flexibility index (Phi) is 5.52. The second-order valence-corrected chi connectivity index (χ2v) is 6.82. The predicted octanol–water partition coefficient (Wildman–Crippen LogP) is 3.90. The molecule has 0 radical (unpaired) electrons. The molecule has 0 aliphatic rings. The molecular weight excluding hydrogens is 372 g/mol. The molecule has 0 spiro atoms. The highest BCUT2D eigenvalue weighted by Crippen LogP contribution is 2.34. The molecule has 3 aromatic rings. The van der Waals surface area contributed by atoms with Crippen LogP contribution >= 0.6 is 22.9 Å². The highest BCUT2D eigenvalue weighted by atomic mass is 35.5. The van der Waals surface area contributed by atoms with Crippen molar-refractivity contribution >= 4 is 44.9 Å². The van der Waals surface area contributed by atoms with E-state index in [9.17, 15) is 9.59 Å². The lowest BCUT2D eigenvalue weighted by Gasteiger charge is -2.06. The lowest BCUT2D eigenvalue weighted by atomic mass is 10.2. The Morgan fingerprint density at radius 1 is 1.15 bits per heavy atom. The molecule has 0 bridgehead atoms. The van der Waals surface area contributed by atoms with Gasteiger partial charge in [0.15, 0.2) is 0 Å². The average Bonchev–Trinajstić information content (AvgIpc) is 3.02. The molecule has 130 valence electrons. The lowest BCUT2D eigenvalue weighted by Crippen LogP contribution is -2.30. The zero-order valence-electron chi connectivity index (χ0n) is 13.5. The van der Waals surface area contributed by atoms with E-state index in [2.05, 4.69) is 5.32 Å². The number of benzene rings is 2. The second kappa shape index (κ2) is 8.00. The molecule has 0 fully saturated rings. The first-order valence-corrected chi connectivity index (χ1v) is 8.88. The lowest BCUT2D eigenvalue weighted by molar-refractivity contribution is -0.143. The van der Waals surface area contributed by atoms with Crippen LogP contribution in [0.25, 0.3) is 10.1 Å². The summed E-state index contributed by atoms with van der Waals surface area (Å²) >= 11 is 7.52. The van der Waals surface area contributed by atoms with Gasteiger partial charge < -0.3 is 10.1 Å². The zero-order chi connectivity index (χ0) is 18.5. The molecule has 3 rings (SSSR count). The van der Waals surface area contributed by atoms with Crippen LogP contribution in [0.2, 0.25) is 5.02 Å². The average molecular weight is 385 g/mol. The van der Waals surface area contributed by atoms with Gasteiger partial charge >= 0.3 is 5.97 Å². The van der Waals surface area contributed by atoms with Crippen LogP contribution in [-0.2, 0) is 16.1 Å². The minimum absolute atomic E-state index is 0.0735. The van der Waals surface area contributed by atoms with E-state index in [1.165, 1.54) is 11.3 Å². The number of nitriles is 1. The van der Waals surface area contributed by atoms with Gasteiger partial charge in [0.2, 0.25) is 0 Å². The maximum absolute atomic E-state index is 12.3. The van der Waals surface area contributed by atoms with Crippen molar-refractivity contribution in [1.29, 1.82) is 5.26 Å². The van der Waals surface area contributed by atoms with Crippen LogP contribution in [0.1, 0.15) is 20.8 Å². The van der Waals surface area contributed by atoms with Gasteiger partial charge in [-0.05, 0) is 23.8 Å². The van der Waals surface area contributed by atoms with Crippen LogP contribution in [0.3, 0.4) is 0 Å². The maximum Gasteiger partial charge on any atom is 0.325 e. The van der Waals surface area contributed by atoms with Crippen LogP contribution in [0.5, 0.6) is 0 Å². The molecule has 1 amide bonds. The topological polar surface area (TPSA) is 79.2 Å². The molecule has 1 aromatic heterocycles. The molecule has 0 saturated heterocycles. The predicted molar refractivity (Wildman–Crippen MR) is 100 cm³/mol. The SMILES string of the molecule is N#Cc1ccc(COC(=O)CNC(=O)c2sc3ccccc3c2Cl)cc1. The van der Waals surface area contributed by atoms with Gasteiger partial charge in [0, 0.05) is 10.1 Å². The summed E-state index contributed by atoms with van der Waals surface area (Å²) < 4.78 is 6.02. The number of rotatable bonds is 5. The first-order valence-electron chi connectivity index (χ1n) is 7.68. The van der Waals surface area contributed by atoms with Crippen molar-refractivity contribution in [3.8, 4) is 6.07 Å². The Labute approximate surface area is 158 Å². The van der Waals surface area contributed by atoms with Crippen molar-refractivity contribution in [1.82, 2.24) is 5.32 Å². The Balaban J connectivity index is 1.54. The van der Waals surface area contributed by atoms with Gasteiger partial charge in [0.1, 0.15) is 18.0 Å². The highest BCUT2D eigenvalue weighted by Gasteiger charge is 2.17. The smallest absolute Gasteiger partial charge is 0.325 e. The molecule has 0 aliphatic heterocycles. The van der Waals surface area contributed by atoms with Crippen LogP contribution in [0, 0.1) is 11.3 Å². The molecule has 0 saturated carbocycles. The van der Waals surface area contributed by atoms with E-state index in [1.54, 1.807) is 24.3 Å². The Morgan fingerprint density at radius 3 is 2.58 bits per heavy atom. The minimum Gasteiger partial charge on any atom is -0.460 e. The van der Waals surface area contributed by atoms with Crippen LogP contribution in [0.4, 0.5) is 0 Å². The summed E-state index contributed by atoms with van der Waals surface area (Å²) in [7, 11) is 0. The van der Waals surface area contributed by atoms with Crippen molar-refractivity contribution in [2.45, 2.75) is 6.61 Å². The van der Waals surface area contributed by atoms with E-state index >= 15 is 0 Å². The van der Waals surface area contributed by atoms with E-state index in [0.29, 0.717) is 15.5 Å². The summed E-state index contributed by atoms with van der Waals surface area (Å²) in [6, 6.07) is 16.2. The summed E-state index contributed by atoms with van der Waals surface area (Å²) in [6.07, 6.45) is 0. The fraction of sp³-hybridized carbons (Fsp3) is 0.105. The zero-order valence-corrected chi connectivity index (χ0v) is 15.1. The standard InChI is InChI=1S/C19H13ClN2O3S/c20-17-14-3-1-2-4-15(14)26-18(17)19(24)22-10-16(23)25-11-13-7-5-12(9-21)6-8-13/h1-8H,10-11H2,(H,22,24). The van der Waals surface area contributed by atoms with E-state index in [4.69, 9.17) is 21.6 Å². The second-order valence-electron chi connectivity index (χ2n) is 5.39. The Morgan fingerprint density at radius 2 is 1.88 bits per heavy atom. The highest BCUT2D eigenvalue weighted by molar-refractivity contribution is 7.21. The molecule has 5 nitrogen and oxygen atoms in total. The summed E-state index contributed by atoms with van der Waals surface area (Å²) in [6.45, 7) is -0.177. The first-order chi connectivity index (χ1) is 12.6. The maximum atomic E-state index is 12.3. The number of carbonyl (C=O) groups is 2. The van der Waals surface area contributed by atoms with Crippen molar-refractivity contribution in [3.05, 3.63) is 69.6 Å². The number of halogens is 1. The number of ether oxygens (including phenoxy) is 1. The van der Waals surface area contributed by atoms with Gasteiger partial charge in [0.25, 0.3) is 5.91 Å². The van der Waals surface area contributed by atoms with E-state index in [-0.39, 0.29) is 13.2 Å². The first kappa shape index (κ1) is 17.9. The third-order valence-electron chi connectivity index (χ3n) is 3.62. The Hall–Kier alpha value is -2.88. The van der Waals surface area contributed by atoms with Crippen molar-refractivity contribution in [2.75, 3.05) is 6.54 Å². The number of hydrogen-bond acceptors (Lipinski definition) is 5. The normalized spacial score (nSPS) is 10.3.